The Balaban J connectivity index is 0. The number of aromatic nitrogens is 2. The molecule has 8 heteroatoms. The molecule has 0 aliphatic rings. The first-order valence-electron chi connectivity index (χ1n) is 2.16. The molecule has 5 nitrogen and oxygen atoms in total. The van der Waals surface area contributed by atoms with Crippen LogP contribution in [0.3, 0.4) is 0 Å². The van der Waals surface area contributed by atoms with E-state index in [1.807, 2.05) is 45.2 Å². The van der Waals surface area contributed by atoms with E-state index < -0.39 is 4.92 Å². The van der Waals surface area contributed by atoms with Crippen molar-refractivity contribution in [2.75, 3.05) is 0 Å². The Morgan fingerprint density at radius 2 is 2.18 bits per heavy atom. The standard InChI is InChI=1S/C3HI2N3O2.Na.H/c4-1-2(5)6-7-3(1)8(9)10;;/h(H,6,7);;/q;+1;-1. The number of aromatic amines is 1. The first-order valence-corrected chi connectivity index (χ1v) is 4.32. The minimum absolute atomic E-state index is 0. The molecule has 0 amide bonds. The fourth-order valence-electron chi connectivity index (χ4n) is 0.419. The maximum atomic E-state index is 10.2. The Morgan fingerprint density at radius 1 is 1.64 bits per heavy atom. The number of hydrogen-bond donors (Lipinski definition) is 1. The van der Waals surface area contributed by atoms with Crippen LogP contribution in [0.15, 0.2) is 0 Å². The van der Waals surface area contributed by atoms with Crippen molar-refractivity contribution < 1.29 is 35.9 Å². The number of nitro groups is 1. The van der Waals surface area contributed by atoms with Crippen LogP contribution in [0.1, 0.15) is 1.43 Å². The van der Waals surface area contributed by atoms with Gasteiger partial charge < -0.3 is 11.5 Å². The molecule has 0 saturated heterocycles. The Bertz CT molecular complexity index is 281. The van der Waals surface area contributed by atoms with Gasteiger partial charge >= 0.3 is 35.4 Å². The summed E-state index contributed by atoms with van der Waals surface area (Å²) in [5, 5.41) is 16.1. The van der Waals surface area contributed by atoms with Gasteiger partial charge in [0.1, 0.15) is 3.57 Å². The minimum atomic E-state index is -0.489. The van der Waals surface area contributed by atoms with E-state index in [0.717, 1.165) is 0 Å². The van der Waals surface area contributed by atoms with Crippen molar-refractivity contribution in [1.29, 1.82) is 0 Å². The van der Waals surface area contributed by atoms with Crippen molar-refractivity contribution in [2.24, 2.45) is 0 Å². The summed E-state index contributed by atoms with van der Waals surface area (Å²) in [5.74, 6) is -0.0370. The Morgan fingerprint density at radius 3 is 2.36 bits per heavy atom. The summed E-state index contributed by atoms with van der Waals surface area (Å²) < 4.78 is 1.19. The van der Waals surface area contributed by atoms with Crippen molar-refractivity contribution in [3.05, 3.63) is 17.4 Å². The number of nitrogens with zero attached hydrogens (tertiary/aromatic N) is 2. The minimum Gasteiger partial charge on any atom is -1.00 e. The summed E-state index contributed by atoms with van der Waals surface area (Å²) in [6, 6.07) is 0. The van der Waals surface area contributed by atoms with E-state index in [-0.39, 0.29) is 36.8 Å². The molecule has 0 fully saturated rings. The second-order valence-corrected chi connectivity index (χ2v) is 3.53. The van der Waals surface area contributed by atoms with Crippen LogP contribution in [0, 0.1) is 17.4 Å². The first-order chi connectivity index (χ1) is 4.63. The van der Waals surface area contributed by atoms with Gasteiger partial charge in [-0.1, -0.05) is 5.10 Å². The molecule has 0 unspecified atom stereocenters. The molecule has 56 valence electrons. The van der Waals surface area contributed by atoms with Gasteiger partial charge in [0.05, 0.1) is 0 Å². The summed E-state index contributed by atoms with van der Waals surface area (Å²) in [6.07, 6.45) is 0. The molecular weight excluding hydrogens is 387 g/mol. The molecule has 11 heavy (non-hydrogen) atoms. The van der Waals surface area contributed by atoms with Gasteiger partial charge in [0.25, 0.3) is 0 Å². The normalized spacial score (nSPS) is 8.91. The molecule has 0 aliphatic carbocycles. The van der Waals surface area contributed by atoms with E-state index in [1.54, 1.807) is 0 Å². The predicted molar refractivity (Wildman–Crippen MR) is 51.8 cm³/mol. The molecule has 1 aromatic heterocycles. The van der Waals surface area contributed by atoms with Crippen molar-refractivity contribution in [3.8, 4) is 0 Å². The molecule has 1 rings (SSSR count). The van der Waals surface area contributed by atoms with Crippen LogP contribution in [-0.4, -0.2) is 15.1 Å². The largest absolute Gasteiger partial charge is 1.00 e. The molecule has 0 aromatic carbocycles. The quantitative estimate of drug-likeness (QED) is 0.280. The van der Waals surface area contributed by atoms with Crippen LogP contribution in [-0.2, 0) is 0 Å². The molecule has 0 radical (unpaired) electrons. The number of nitrogens with one attached hydrogen (secondary N) is 1. The van der Waals surface area contributed by atoms with Crippen LogP contribution in [0.4, 0.5) is 5.82 Å². The van der Waals surface area contributed by atoms with Gasteiger partial charge in [0.2, 0.25) is 0 Å². The zero-order valence-corrected chi connectivity index (χ0v) is 11.8. The van der Waals surface area contributed by atoms with E-state index >= 15 is 0 Å². The summed E-state index contributed by atoms with van der Waals surface area (Å²) in [4.78, 5) is 9.67. The van der Waals surface area contributed by atoms with Gasteiger partial charge in [-0.2, -0.15) is 0 Å². The first kappa shape index (κ1) is 12.1. The third kappa shape index (κ3) is 2.79. The van der Waals surface area contributed by atoms with Crippen LogP contribution in [0.25, 0.3) is 0 Å². The van der Waals surface area contributed by atoms with Crippen molar-refractivity contribution >= 4 is 51.0 Å². The van der Waals surface area contributed by atoms with E-state index in [2.05, 4.69) is 10.2 Å². The van der Waals surface area contributed by atoms with Crippen LogP contribution in [0.5, 0.6) is 0 Å². The van der Waals surface area contributed by atoms with Gasteiger partial charge in [-0.15, -0.1) is 5.10 Å². The maximum Gasteiger partial charge on any atom is 1.00 e. The molecule has 0 bridgehead atoms. The van der Waals surface area contributed by atoms with E-state index in [9.17, 15) is 10.1 Å². The second-order valence-electron chi connectivity index (χ2n) is 1.43. The molecule has 1 heterocycles. The smallest absolute Gasteiger partial charge is 1.00 e. The van der Waals surface area contributed by atoms with Gasteiger partial charge in [0.15, 0.2) is 3.70 Å². The van der Waals surface area contributed by atoms with Crippen LogP contribution in [0.2, 0.25) is 0 Å². The Kier molecular flexibility index (Phi) is 5.42. The van der Waals surface area contributed by atoms with E-state index in [4.69, 9.17) is 0 Å². The number of H-pyrrole nitrogens is 1. The van der Waals surface area contributed by atoms with Crippen LogP contribution >= 0.6 is 45.2 Å². The van der Waals surface area contributed by atoms with Gasteiger partial charge in [-0.3, -0.25) is 0 Å². The van der Waals surface area contributed by atoms with Crippen LogP contribution < -0.4 is 29.6 Å². The third-order valence-electron chi connectivity index (χ3n) is 0.832. The number of halogens is 2. The average molecular weight is 389 g/mol. The van der Waals surface area contributed by atoms with Crippen molar-refractivity contribution in [2.45, 2.75) is 0 Å². The summed E-state index contributed by atoms with van der Waals surface area (Å²) in [7, 11) is 0. The molecule has 0 spiro atoms. The molecular formula is C3H2I2N3NaO2. The van der Waals surface area contributed by atoms with Gasteiger partial charge in [0, 0.05) is 0 Å². The Labute approximate surface area is 113 Å². The number of hydrogen-bond acceptors (Lipinski definition) is 3. The Hall–Kier alpha value is 1.07. The molecule has 0 aliphatic heterocycles. The zero-order chi connectivity index (χ0) is 7.72. The fourth-order valence-corrected chi connectivity index (χ4v) is 1.23. The van der Waals surface area contributed by atoms with E-state index in [1.165, 1.54) is 0 Å². The molecule has 0 saturated carbocycles. The predicted octanol–water partition coefficient (Wildman–Crippen LogP) is -1.36. The number of rotatable bonds is 1. The average Bonchev–Trinajstić information content (AvgIpc) is 2.14. The SMILES string of the molecule is O=[N+]([O-])c1[nH]nc(I)c1I.[H-].[Na+]. The van der Waals surface area contributed by atoms with Crippen molar-refractivity contribution in [3.63, 3.8) is 0 Å². The zero-order valence-electron chi connectivity index (χ0n) is 6.47. The summed E-state index contributed by atoms with van der Waals surface area (Å²) >= 11 is 3.80. The third-order valence-corrected chi connectivity index (χ3v) is 3.67. The summed E-state index contributed by atoms with van der Waals surface area (Å²) in [6.45, 7) is 0. The fraction of sp³-hybridized carbons (Fsp3) is 0. The maximum absolute atomic E-state index is 10.2. The molecule has 1 aromatic rings. The van der Waals surface area contributed by atoms with Crippen molar-refractivity contribution in [1.82, 2.24) is 10.2 Å². The van der Waals surface area contributed by atoms with Gasteiger partial charge in [-0.25, -0.2) is 0 Å². The van der Waals surface area contributed by atoms with E-state index in [0.29, 0.717) is 7.27 Å². The topological polar surface area (TPSA) is 71.8 Å². The molecule has 0 atom stereocenters. The molecule has 1 N–H and O–H groups in total. The summed E-state index contributed by atoms with van der Waals surface area (Å²) in [5.41, 5.74) is 0. The monoisotopic (exact) mass is 389 g/mol. The van der Waals surface area contributed by atoms with Gasteiger partial charge in [-0.05, 0) is 50.1 Å². The second kappa shape index (κ2) is 4.94.